The van der Waals surface area contributed by atoms with Gasteiger partial charge in [-0.15, -0.1) is 0 Å². The van der Waals surface area contributed by atoms with Crippen LogP contribution in [0, 0.1) is 5.82 Å². The van der Waals surface area contributed by atoms with Crippen molar-refractivity contribution in [2.24, 2.45) is 0 Å². The summed E-state index contributed by atoms with van der Waals surface area (Å²) in [6, 6.07) is 7.71. The number of rotatable bonds is 4. The highest BCUT2D eigenvalue weighted by atomic mass is 19.1. The lowest BCUT2D eigenvalue weighted by Crippen LogP contribution is -2.36. The summed E-state index contributed by atoms with van der Waals surface area (Å²) in [7, 11) is 0. The Morgan fingerprint density at radius 1 is 1.29 bits per heavy atom. The van der Waals surface area contributed by atoms with Gasteiger partial charge in [-0.25, -0.2) is 4.39 Å². The minimum absolute atomic E-state index is 0.0806. The fourth-order valence-corrected chi connectivity index (χ4v) is 1.72. The van der Waals surface area contributed by atoms with E-state index in [1.54, 1.807) is 6.07 Å². The van der Waals surface area contributed by atoms with Gasteiger partial charge < -0.3 is 5.32 Å². The maximum Gasteiger partial charge on any atom is 0.126 e. The Balaban J connectivity index is 1.76. The Labute approximate surface area is 84.3 Å². The van der Waals surface area contributed by atoms with Crippen LogP contribution in [0.5, 0.6) is 0 Å². The zero-order valence-electron chi connectivity index (χ0n) is 8.30. The number of nitrogens with one attached hydrogen (secondary N) is 1. The van der Waals surface area contributed by atoms with Crippen molar-refractivity contribution in [1.82, 2.24) is 5.32 Å². The first kappa shape index (κ1) is 9.66. The summed E-state index contributed by atoms with van der Waals surface area (Å²) in [6.45, 7) is 0.894. The van der Waals surface area contributed by atoms with E-state index in [0.29, 0.717) is 6.04 Å². The van der Waals surface area contributed by atoms with Gasteiger partial charge in [-0.3, -0.25) is 0 Å². The second kappa shape index (κ2) is 4.56. The quantitative estimate of drug-likeness (QED) is 0.774. The van der Waals surface area contributed by atoms with E-state index < -0.39 is 0 Å². The van der Waals surface area contributed by atoms with E-state index in [1.807, 2.05) is 12.1 Å². The van der Waals surface area contributed by atoms with Crippen molar-refractivity contribution in [2.75, 3.05) is 6.54 Å². The molecule has 1 aliphatic carbocycles. The molecule has 0 radical (unpaired) electrons. The van der Waals surface area contributed by atoms with Gasteiger partial charge in [0.15, 0.2) is 0 Å². The third-order valence-electron chi connectivity index (χ3n) is 2.89. The maximum absolute atomic E-state index is 13.2. The summed E-state index contributed by atoms with van der Waals surface area (Å²) >= 11 is 0. The normalized spacial score (nSPS) is 16.6. The molecular weight excluding hydrogens is 177 g/mol. The summed E-state index contributed by atoms with van der Waals surface area (Å²) in [5.41, 5.74) is 0.819. The van der Waals surface area contributed by atoms with Crippen molar-refractivity contribution in [2.45, 2.75) is 31.7 Å². The average molecular weight is 193 g/mol. The summed E-state index contributed by atoms with van der Waals surface area (Å²) in [5, 5.41) is 3.43. The minimum Gasteiger partial charge on any atom is -0.314 e. The Morgan fingerprint density at radius 2 is 2.07 bits per heavy atom. The van der Waals surface area contributed by atoms with Crippen LogP contribution in [-0.2, 0) is 6.42 Å². The molecule has 76 valence electrons. The zero-order chi connectivity index (χ0) is 9.80. The van der Waals surface area contributed by atoms with Gasteiger partial charge in [-0.05, 0) is 37.4 Å². The Kier molecular flexibility index (Phi) is 3.14. The SMILES string of the molecule is Fc1ccccc1CCNC1CCC1. The highest BCUT2D eigenvalue weighted by molar-refractivity contribution is 5.17. The predicted molar refractivity (Wildman–Crippen MR) is 55.7 cm³/mol. The number of halogens is 1. The van der Waals surface area contributed by atoms with E-state index in [2.05, 4.69) is 5.32 Å². The van der Waals surface area contributed by atoms with Gasteiger partial charge in [-0.1, -0.05) is 24.6 Å². The van der Waals surface area contributed by atoms with Crippen molar-refractivity contribution >= 4 is 0 Å². The van der Waals surface area contributed by atoms with E-state index in [1.165, 1.54) is 25.3 Å². The van der Waals surface area contributed by atoms with Gasteiger partial charge in [0.05, 0.1) is 0 Å². The summed E-state index contributed by atoms with van der Waals surface area (Å²) in [6.07, 6.45) is 4.72. The Hall–Kier alpha value is -0.890. The van der Waals surface area contributed by atoms with Gasteiger partial charge in [-0.2, -0.15) is 0 Å². The molecule has 2 heteroatoms. The molecule has 0 spiro atoms. The molecule has 0 bridgehead atoms. The van der Waals surface area contributed by atoms with Gasteiger partial charge in [0.1, 0.15) is 5.82 Å². The average Bonchev–Trinajstić information content (AvgIpc) is 2.12. The molecule has 1 saturated carbocycles. The minimum atomic E-state index is -0.0806. The molecule has 0 amide bonds. The number of benzene rings is 1. The van der Waals surface area contributed by atoms with Gasteiger partial charge in [0, 0.05) is 6.04 Å². The molecule has 0 heterocycles. The van der Waals surface area contributed by atoms with Crippen LogP contribution in [0.3, 0.4) is 0 Å². The molecule has 0 aliphatic heterocycles. The lowest BCUT2D eigenvalue weighted by molar-refractivity contribution is 0.341. The first-order chi connectivity index (χ1) is 6.86. The van der Waals surface area contributed by atoms with E-state index >= 15 is 0 Å². The maximum atomic E-state index is 13.2. The molecule has 1 aromatic rings. The van der Waals surface area contributed by atoms with Crippen LogP contribution in [0.25, 0.3) is 0 Å². The molecule has 2 rings (SSSR count). The summed E-state index contributed by atoms with van der Waals surface area (Å²) in [4.78, 5) is 0. The van der Waals surface area contributed by atoms with Crippen molar-refractivity contribution in [3.05, 3.63) is 35.6 Å². The molecule has 1 aromatic carbocycles. The van der Waals surface area contributed by atoms with Crippen LogP contribution < -0.4 is 5.32 Å². The largest absolute Gasteiger partial charge is 0.314 e. The Bertz CT molecular complexity index is 294. The molecule has 1 nitrogen and oxygen atoms in total. The monoisotopic (exact) mass is 193 g/mol. The second-order valence-corrected chi connectivity index (χ2v) is 3.92. The summed E-state index contributed by atoms with van der Waals surface area (Å²) in [5.74, 6) is -0.0806. The van der Waals surface area contributed by atoms with E-state index in [4.69, 9.17) is 0 Å². The van der Waals surface area contributed by atoms with Crippen LogP contribution in [-0.4, -0.2) is 12.6 Å². The third kappa shape index (κ3) is 2.32. The molecular formula is C12H16FN. The zero-order valence-corrected chi connectivity index (χ0v) is 8.30. The first-order valence-electron chi connectivity index (χ1n) is 5.33. The van der Waals surface area contributed by atoms with Crippen molar-refractivity contribution < 1.29 is 4.39 Å². The summed E-state index contributed by atoms with van der Waals surface area (Å²) < 4.78 is 13.2. The standard InChI is InChI=1S/C12H16FN/c13-12-7-2-1-4-10(12)8-9-14-11-5-3-6-11/h1-2,4,7,11,14H,3,5-6,8-9H2. The lowest BCUT2D eigenvalue weighted by Gasteiger charge is -2.26. The molecule has 0 atom stereocenters. The van der Waals surface area contributed by atoms with Gasteiger partial charge >= 0.3 is 0 Å². The number of hydrogen-bond donors (Lipinski definition) is 1. The molecule has 0 saturated heterocycles. The fraction of sp³-hybridized carbons (Fsp3) is 0.500. The third-order valence-corrected chi connectivity index (χ3v) is 2.89. The van der Waals surface area contributed by atoms with Crippen molar-refractivity contribution in [1.29, 1.82) is 0 Å². The molecule has 0 aromatic heterocycles. The fourth-order valence-electron chi connectivity index (χ4n) is 1.72. The van der Waals surface area contributed by atoms with Crippen LogP contribution in [0.4, 0.5) is 4.39 Å². The van der Waals surface area contributed by atoms with Crippen LogP contribution >= 0.6 is 0 Å². The molecule has 14 heavy (non-hydrogen) atoms. The predicted octanol–water partition coefficient (Wildman–Crippen LogP) is 2.51. The highest BCUT2D eigenvalue weighted by Gasteiger charge is 2.15. The number of hydrogen-bond acceptors (Lipinski definition) is 1. The first-order valence-corrected chi connectivity index (χ1v) is 5.33. The lowest BCUT2D eigenvalue weighted by atomic mass is 9.93. The molecule has 0 unspecified atom stereocenters. The molecule has 1 aliphatic rings. The van der Waals surface area contributed by atoms with Crippen LogP contribution in [0.1, 0.15) is 24.8 Å². The topological polar surface area (TPSA) is 12.0 Å². The van der Waals surface area contributed by atoms with Crippen molar-refractivity contribution in [3.8, 4) is 0 Å². The highest BCUT2D eigenvalue weighted by Crippen LogP contribution is 2.17. The van der Waals surface area contributed by atoms with Gasteiger partial charge in [0.25, 0.3) is 0 Å². The molecule has 1 N–H and O–H groups in total. The smallest absolute Gasteiger partial charge is 0.126 e. The molecule has 1 fully saturated rings. The Morgan fingerprint density at radius 3 is 2.71 bits per heavy atom. The second-order valence-electron chi connectivity index (χ2n) is 3.92. The van der Waals surface area contributed by atoms with E-state index in [0.717, 1.165) is 18.5 Å². The van der Waals surface area contributed by atoms with Crippen LogP contribution in [0.15, 0.2) is 24.3 Å². The van der Waals surface area contributed by atoms with Crippen molar-refractivity contribution in [3.63, 3.8) is 0 Å². The van der Waals surface area contributed by atoms with Gasteiger partial charge in [0.2, 0.25) is 0 Å². The van der Waals surface area contributed by atoms with E-state index in [-0.39, 0.29) is 5.82 Å². The van der Waals surface area contributed by atoms with Crippen LogP contribution in [0.2, 0.25) is 0 Å². The van der Waals surface area contributed by atoms with E-state index in [9.17, 15) is 4.39 Å².